The lowest BCUT2D eigenvalue weighted by atomic mass is 9.97. The van der Waals surface area contributed by atoms with Gasteiger partial charge in [0.2, 0.25) is 11.7 Å². The van der Waals surface area contributed by atoms with Crippen molar-refractivity contribution < 1.29 is 14.1 Å². The molecular weight excluding hydrogens is 342 g/mol. The zero-order chi connectivity index (χ0) is 18.6. The second-order valence-corrected chi connectivity index (χ2v) is 6.64. The summed E-state index contributed by atoms with van der Waals surface area (Å²) in [5, 5.41) is 4.11. The molecule has 0 bridgehead atoms. The number of methoxy groups -OCH3 is 1. The number of benzene rings is 2. The molecule has 1 saturated heterocycles. The lowest BCUT2D eigenvalue weighted by Gasteiger charge is -2.31. The Morgan fingerprint density at radius 2 is 1.93 bits per heavy atom. The molecule has 6 nitrogen and oxygen atoms in total. The van der Waals surface area contributed by atoms with Gasteiger partial charge in [0.05, 0.1) is 13.0 Å². The van der Waals surface area contributed by atoms with Gasteiger partial charge in [0.1, 0.15) is 5.75 Å². The summed E-state index contributed by atoms with van der Waals surface area (Å²) in [7, 11) is 1.63. The molecule has 2 aromatic carbocycles. The number of piperidine rings is 1. The van der Waals surface area contributed by atoms with Gasteiger partial charge in [-0.25, -0.2) is 0 Å². The minimum absolute atomic E-state index is 0.0511. The first kappa shape index (κ1) is 17.3. The molecule has 0 aliphatic carbocycles. The summed E-state index contributed by atoms with van der Waals surface area (Å²) in [4.78, 5) is 19.2. The Labute approximate surface area is 157 Å². The molecule has 4 rings (SSSR count). The van der Waals surface area contributed by atoms with Gasteiger partial charge in [-0.15, -0.1) is 0 Å². The summed E-state index contributed by atoms with van der Waals surface area (Å²) >= 11 is 0. The third kappa shape index (κ3) is 3.69. The van der Waals surface area contributed by atoms with Crippen LogP contribution >= 0.6 is 0 Å². The Kier molecular flexibility index (Phi) is 4.87. The smallest absolute Gasteiger partial charge is 0.253 e. The summed E-state index contributed by atoms with van der Waals surface area (Å²) in [6, 6.07) is 16.9. The first-order valence-corrected chi connectivity index (χ1v) is 9.07. The number of aromatic nitrogens is 2. The van der Waals surface area contributed by atoms with Crippen molar-refractivity contribution in [2.75, 3.05) is 20.2 Å². The van der Waals surface area contributed by atoms with E-state index in [2.05, 4.69) is 10.1 Å². The summed E-state index contributed by atoms with van der Waals surface area (Å²) in [5.74, 6) is 2.04. The van der Waals surface area contributed by atoms with Crippen LogP contribution in [0.15, 0.2) is 59.1 Å². The number of carbonyl (C=O) groups excluding carboxylic acids is 1. The molecule has 1 aliphatic heterocycles. The second-order valence-electron chi connectivity index (χ2n) is 6.64. The van der Waals surface area contributed by atoms with Crippen molar-refractivity contribution in [1.29, 1.82) is 0 Å². The van der Waals surface area contributed by atoms with Crippen LogP contribution in [0.2, 0.25) is 0 Å². The maximum absolute atomic E-state index is 12.7. The number of carbonyl (C=O) groups is 1. The van der Waals surface area contributed by atoms with Gasteiger partial charge in [0.25, 0.3) is 5.91 Å². The van der Waals surface area contributed by atoms with Crippen LogP contribution in [-0.2, 0) is 0 Å². The Morgan fingerprint density at radius 1 is 1.15 bits per heavy atom. The molecule has 0 N–H and O–H groups in total. The molecular formula is C21H21N3O3. The number of nitrogens with zero attached hydrogens (tertiary/aromatic N) is 3. The van der Waals surface area contributed by atoms with E-state index in [0.717, 1.165) is 30.7 Å². The summed E-state index contributed by atoms with van der Waals surface area (Å²) in [6.45, 7) is 1.35. The van der Waals surface area contributed by atoms with Crippen LogP contribution in [0.4, 0.5) is 0 Å². The van der Waals surface area contributed by atoms with E-state index in [9.17, 15) is 4.79 Å². The molecule has 1 atom stereocenters. The average molecular weight is 363 g/mol. The number of rotatable bonds is 4. The van der Waals surface area contributed by atoms with Crippen LogP contribution in [0.25, 0.3) is 11.4 Å². The Balaban J connectivity index is 1.48. The van der Waals surface area contributed by atoms with E-state index in [1.165, 1.54) is 0 Å². The van der Waals surface area contributed by atoms with Gasteiger partial charge in [-0.2, -0.15) is 4.98 Å². The number of likely N-dealkylation sites (tertiary alicyclic amines) is 1. The van der Waals surface area contributed by atoms with Crippen molar-refractivity contribution in [1.82, 2.24) is 15.0 Å². The molecule has 1 aliphatic rings. The largest absolute Gasteiger partial charge is 0.497 e. The van der Waals surface area contributed by atoms with Crippen LogP contribution in [0.3, 0.4) is 0 Å². The van der Waals surface area contributed by atoms with Gasteiger partial charge in [0.15, 0.2) is 0 Å². The molecule has 27 heavy (non-hydrogen) atoms. The van der Waals surface area contributed by atoms with Crippen molar-refractivity contribution in [3.05, 3.63) is 66.1 Å². The molecule has 1 amide bonds. The third-order valence-electron chi connectivity index (χ3n) is 4.87. The molecule has 1 aromatic heterocycles. The van der Waals surface area contributed by atoms with E-state index < -0.39 is 0 Å². The van der Waals surface area contributed by atoms with E-state index in [1.807, 2.05) is 59.5 Å². The molecule has 6 heteroatoms. The lowest BCUT2D eigenvalue weighted by molar-refractivity contribution is 0.0695. The topological polar surface area (TPSA) is 68.5 Å². The quantitative estimate of drug-likeness (QED) is 0.706. The highest BCUT2D eigenvalue weighted by molar-refractivity contribution is 5.94. The van der Waals surface area contributed by atoms with Gasteiger partial charge in [0, 0.05) is 24.2 Å². The van der Waals surface area contributed by atoms with Crippen molar-refractivity contribution in [3.8, 4) is 17.1 Å². The number of hydrogen-bond acceptors (Lipinski definition) is 5. The average Bonchev–Trinajstić information content (AvgIpc) is 3.24. The minimum Gasteiger partial charge on any atom is -0.497 e. The molecule has 0 unspecified atom stereocenters. The van der Waals surface area contributed by atoms with E-state index in [0.29, 0.717) is 23.8 Å². The fourth-order valence-electron chi connectivity index (χ4n) is 3.38. The molecule has 0 radical (unpaired) electrons. The third-order valence-corrected chi connectivity index (χ3v) is 4.87. The SMILES string of the molecule is COc1ccc(-c2noc([C@H]3CCCN(C(=O)c4ccccc4)C3)n2)cc1. The van der Waals surface area contributed by atoms with Crippen molar-refractivity contribution in [2.45, 2.75) is 18.8 Å². The highest BCUT2D eigenvalue weighted by atomic mass is 16.5. The summed E-state index contributed by atoms with van der Waals surface area (Å²) in [6.07, 6.45) is 1.85. The molecule has 2 heterocycles. The van der Waals surface area contributed by atoms with Crippen molar-refractivity contribution in [2.24, 2.45) is 0 Å². The Hall–Kier alpha value is -3.15. The first-order chi connectivity index (χ1) is 13.2. The fourth-order valence-corrected chi connectivity index (χ4v) is 3.38. The van der Waals surface area contributed by atoms with Gasteiger partial charge in [-0.1, -0.05) is 23.4 Å². The van der Waals surface area contributed by atoms with E-state index in [4.69, 9.17) is 9.26 Å². The van der Waals surface area contributed by atoms with Gasteiger partial charge < -0.3 is 14.2 Å². The first-order valence-electron chi connectivity index (χ1n) is 9.07. The van der Waals surface area contributed by atoms with Crippen LogP contribution < -0.4 is 4.74 Å². The molecule has 138 valence electrons. The number of ether oxygens (including phenoxy) is 1. The van der Waals surface area contributed by atoms with E-state index in [1.54, 1.807) is 7.11 Å². The monoisotopic (exact) mass is 363 g/mol. The molecule has 0 saturated carbocycles. The van der Waals surface area contributed by atoms with Gasteiger partial charge in [-0.3, -0.25) is 4.79 Å². The standard InChI is InChI=1S/C21H21N3O3/c1-26-18-11-9-15(10-12-18)19-22-20(27-23-19)17-8-5-13-24(14-17)21(25)16-6-3-2-4-7-16/h2-4,6-7,9-12,17H,5,8,13-14H2,1H3/t17-/m0/s1. The zero-order valence-corrected chi connectivity index (χ0v) is 15.2. The maximum atomic E-state index is 12.7. The maximum Gasteiger partial charge on any atom is 0.253 e. The molecule has 0 spiro atoms. The Bertz CT molecular complexity index is 906. The predicted molar refractivity (Wildman–Crippen MR) is 101 cm³/mol. The highest BCUT2D eigenvalue weighted by Crippen LogP contribution is 2.28. The second kappa shape index (κ2) is 7.61. The number of amides is 1. The summed E-state index contributed by atoms with van der Waals surface area (Å²) in [5.41, 5.74) is 1.58. The summed E-state index contributed by atoms with van der Waals surface area (Å²) < 4.78 is 10.7. The van der Waals surface area contributed by atoms with Gasteiger partial charge in [-0.05, 0) is 49.2 Å². The highest BCUT2D eigenvalue weighted by Gasteiger charge is 2.29. The minimum atomic E-state index is 0.0511. The number of hydrogen-bond donors (Lipinski definition) is 0. The van der Waals surface area contributed by atoms with Crippen LogP contribution in [0.1, 0.15) is 35.0 Å². The van der Waals surface area contributed by atoms with Crippen LogP contribution in [-0.4, -0.2) is 41.1 Å². The van der Waals surface area contributed by atoms with E-state index >= 15 is 0 Å². The van der Waals surface area contributed by atoms with E-state index in [-0.39, 0.29) is 11.8 Å². The van der Waals surface area contributed by atoms with Crippen molar-refractivity contribution in [3.63, 3.8) is 0 Å². The lowest BCUT2D eigenvalue weighted by Crippen LogP contribution is -2.39. The predicted octanol–water partition coefficient (Wildman–Crippen LogP) is 3.77. The fraction of sp³-hybridized carbons (Fsp3) is 0.286. The molecule has 1 fully saturated rings. The molecule has 3 aromatic rings. The normalized spacial score (nSPS) is 16.9. The van der Waals surface area contributed by atoms with Gasteiger partial charge >= 0.3 is 0 Å². The Morgan fingerprint density at radius 3 is 2.67 bits per heavy atom. The zero-order valence-electron chi connectivity index (χ0n) is 15.2. The van der Waals surface area contributed by atoms with Crippen LogP contribution in [0, 0.1) is 0 Å². The van der Waals surface area contributed by atoms with Crippen LogP contribution in [0.5, 0.6) is 5.75 Å². The van der Waals surface area contributed by atoms with Crippen molar-refractivity contribution >= 4 is 5.91 Å².